The third kappa shape index (κ3) is 5.08. The molecule has 0 spiro atoms. The minimum absolute atomic E-state index is 0.0582. The maximum absolute atomic E-state index is 12.9. The Balaban J connectivity index is 1.46. The van der Waals surface area contributed by atoms with Crippen molar-refractivity contribution in [3.8, 4) is 11.3 Å². The third-order valence-electron chi connectivity index (χ3n) is 6.92. The zero-order chi connectivity index (χ0) is 26.6. The molecule has 1 aromatic carbocycles. The third-order valence-corrected chi connectivity index (χ3v) is 6.92. The van der Waals surface area contributed by atoms with Gasteiger partial charge < -0.3 is 20.7 Å². The van der Waals surface area contributed by atoms with Crippen LogP contribution in [0.1, 0.15) is 46.9 Å². The number of benzene rings is 1. The van der Waals surface area contributed by atoms with Crippen molar-refractivity contribution in [1.82, 2.24) is 24.3 Å². The molecule has 1 aliphatic heterocycles. The summed E-state index contributed by atoms with van der Waals surface area (Å²) in [5, 5.41) is 2.83. The first kappa shape index (κ1) is 25.3. The fraction of sp³-hybridized carbons (Fsp3) is 0.321. The number of fused-ring (bicyclic) bond motifs is 1. The van der Waals surface area contributed by atoms with Crippen LogP contribution in [-0.4, -0.2) is 62.9 Å². The van der Waals surface area contributed by atoms with E-state index in [0.29, 0.717) is 42.5 Å². The van der Waals surface area contributed by atoms with Gasteiger partial charge in [0.05, 0.1) is 13.0 Å². The van der Waals surface area contributed by atoms with Crippen molar-refractivity contribution in [2.45, 2.75) is 32.1 Å². The molecule has 3 aromatic heterocycles. The number of nitrogens with two attached hydrogens (primary N) is 1. The van der Waals surface area contributed by atoms with E-state index in [4.69, 9.17) is 15.5 Å². The monoisotopic (exact) mass is 513 g/mol. The van der Waals surface area contributed by atoms with Crippen LogP contribution in [0, 0.1) is 6.92 Å². The smallest absolute Gasteiger partial charge is 0.257 e. The molecule has 1 fully saturated rings. The molecule has 2 amide bonds. The Hall–Kier alpha value is -4.31. The summed E-state index contributed by atoms with van der Waals surface area (Å²) in [7, 11) is 1.60. The number of nitrogens with zero attached hydrogens (tertiary/aromatic N) is 5. The summed E-state index contributed by atoms with van der Waals surface area (Å²) >= 11 is 0. The normalized spacial score (nSPS) is 15.5. The van der Waals surface area contributed by atoms with Crippen LogP contribution in [0.5, 0.6) is 0 Å². The number of likely N-dealkylation sites (tertiary alicyclic amines) is 1. The van der Waals surface area contributed by atoms with E-state index in [1.165, 1.54) is 0 Å². The van der Waals surface area contributed by atoms with Crippen molar-refractivity contribution in [1.29, 1.82) is 0 Å². The van der Waals surface area contributed by atoms with E-state index in [0.717, 1.165) is 41.9 Å². The number of ether oxygens (including phenoxy) is 1. The highest BCUT2D eigenvalue weighted by atomic mass is 16.5. The number of nitrogen functional groups attached to an aromatic ring is 1. The van der Waals surface area contributed by atoms with E-state index in [1.54, 1.807) is 37.7 Å². The Bertz CT molecular complexity index is 1470. The molecule has 4 aromatic rings. The largest absolute Gasteiger partial charge is 0.384 e. The number of hydrogen-bond donors (Lipinski definition) is 2. The van der Waals surface area contributed by atoms with Gasteiger partial charge in [-0.1, -0.05) is 12.1 Å². The molecule has 1 aliphatic rings. The maximum Gasteiger partial charge on any atom is 0.257 e. The molecule has 196 valence electrons. The van der Waals surface area contributed by atoms with Gasteiger partial charge in [-0.05, 0) is 49.6 Å². The molecule has 4 heterocycles. The van der Waals surface area contributed by atoms with Crippen LogP contribution >= 0.6 is 0 Å². The molecular formula is C28H31N7O3. The van der Waals surface area contributed by atoms with Gasteiger partial charge in [0.2, 0.25) is 5.91 Å². The lowest BCUT2D eigenvalue weighted by Crippen LogP contribution is -2.39. The van der Waals surface area contributed by atoms with Gasteiger partial charge in [0.1, 0.15) is 28.7 Å². The average molecular weight is 514 g/mol. The molecule has 1 saturated heterocycles. The van der Waals surface area contributed by atoms with E-state index in [9.17, 15) is 9.59 Å². The van der Waals surface area contributed by atoms with Crippen LogP contribution in [0.25, 0.3) is 16.8 Å². The molecule has 0 radical (unpaired) electrons. The maximum atomic E-state index is 12.9. The zero-order valence-corrected chi connectivity index (χ0v) is 21.6. The Morgan fingerprint density at radius 3 is 2.82 bits per heavy atom. The number of pyridine rings is 1. The number of nitrogens with one attached hydrogen (secondary N) is 1. The lowest BCUT2D eigenvalue weighted by Gasteiger charge is -2.32. The summed E-state index contributed by atoms with van der Waals surface area (Å²) < 4.78 is 7.08. The second kappa shape index (κ2) is 11.0. The Morgan fingerprint density at radius 2 is 2.05 bits per heavy atom. The first-order chi connectivity index (χ1) is 18.5. The second-order valence-corrected chi connectivity index (χ2v) is 9.47. The number of carbonyl (C=O) groups is 2. The molecular weight excluding hydrogens is 482 g/mol. The van der Waals surface area contributed by atoms with Crippen LogP contribution < -0.4 is 11.1 Å². The van der Waals surface area contributed by atoms with Crippen molar-refractivity contribution in [3.63, 3.8) is 0 Å². The summed E-state index contributed by atoms with van der Waals surface area (Å²) in [6.07, 6.45) is 7.34. The molecule has 10 nitrogen and oxygen atoms in total. The van der Waals surface area contributed by atoms with Crippen molar-refractivity contribution in [2.75, 3.05) is 37.9 Å². The minimum atomic E-state index is -0.232. The topological polar surface area (TPSA) is 128 Å². The van der Waals surface area contributed by atoms with E-state index in [-0.39, 0.29) is 17.7 Å². The van der Waals surface area contributed by atoms with Gasteiger partial charge in [-0.25, -0.2) is 15.0 Å². The van der Waals surface area contributed by atoms with Crippen LogP contribution in [0.2, 0.25) is 0 Å². The van der Waals surface area contributed by atoms with Gasteiger partial charge >= 0.3 is 0 Å². The predicted molar refractivity (Wildman–Crippen MR) is 145 cm³/mol. The Labute approximate surface area is 220 Å². The van der Waals surface area contributed by atoms with E-state index in [1.807, 2.05) is 40.6 Å². The molecule has 38 heavy (non-hydrogen) atoms. The molecule has 1 atom stereocenters. The fourth-order valence-corrected chi connectivity index (χ4v) is 5.02. The van der Waals surface area contributed by atoms with Crippen molar-refractivity contribution < 1.29 is 14.3 Å². The number of carbonyl (C=O) groups excluding carboxylic acids is 2. The first-order valence-electron chi connectivity index (χ1n) is 12.7. The molecule has 10 heteroatoms. The highest BCUT2D eigenvalue weighted by Gasteiger charge is 2.29. The van der Waals surface area contributed by atoms with Crippen molar-refractivity contribution in [3.05, 3.63) is 71.9 Å². The zero-order valence-electron chi connectivity index (χ0n) is 21.6. The number of aryl methyl sites for hydroxylation is 1. The molecule has 0 bridgehead atoms. The highest BCUT2D eigenvalue weighted by molar-refractivity contribution is 6.05. The van der Waals surface area contributed by atoms with Crippen LogP contribution in [0.4, 0.5) is 11.6 Å². The number of piperidine rings is 1. The number of rotatable bonds is 7. The Morgan fingerprint density at radius 1 is 1.18 bits per heavy atom. The van der Waals surface area contributed by atoms with Crippen molar-refractivity contribution >= 4 is 29.0 Å². The number of amides is 2. The SMILES string of the molecule is COCCC(=O)N1CCC[C@@H](c2nc(-c3ccc(C(=O)Nc4ccccn4)c(C)c3)c3c(N)nccn23)C1. The van der Waals surface area contributed by atoms with Crippen molar-refractivity contribution in [2.24, 2.45) is 0 Å². The molecule has 3 N–H and O–H groups in total. The molecule has 0 saturated carbocycles. The average Bonchev–Trinajstić information content (AvgIpc) is 3.33. The number of aromatic nitrogens is 4. The van der Waals surface area contributed by atoms with Crippen LogP contribution in [0.15, 0.2) is 55.0 Å². The predicted octanol–water partition coefficient (Wildman–Crippen LogP) is 3.68. The molecule has 0 unspecified atom stereocenters. The van der Waals surface area contributed by atoms with Crippen LogP contribution in [0.3, 0.4) is 0 Å². The first-order valence-corrected chi connectivity index (χ1v) is 12.7. The van der Waals surface area contributed by atoms with Gasteiger partial charge in [0, 0.05) is 55.8 Å². The molecule has 5 rings (SSSR count). The van der Waals surface area contributed by atoms with Crippen LogP contribution in [-0.2, 0) is 9.53 Å². The van der Waals surface area contributed by atoms with E-state index < -0.39 is 0 Å². The summed E-state index contributed by atoms with van der Waals surface area (Å²) in [6.45, 7) is 3.63. The van der Waals surface area contributed by atoms with Gasteiger partial charge in [-0.15, -0.1) is 0 Å². The standard InChI is InChI=1S/C28H31N7O3/c1-18-16-19(8-9-21(18)28(37)32-22-7-3-4-11-30-22)24-25-26(29)31-12-14-35(25)27(33-24)20-6-5-13-34(17-20)23(36)10-15-38-2/h3-4,7-9,11-12,14,16,20H,5-6,10,13,15,17H2,1-2H3,(H2,29,31)(H,30,32,37)/t20-/m1/s1. The van der Waals surface area contributed by atoms with Gasteiger partial charge in [-0.3, -0.25) is 14.0 Å². The minimum Gasteiger partial charge on any atom is -0.384 e. The summed E-state index contributed by atoms with van der Waals surface area (Å²) in [5.41, 5.74) is 9.95. The number of hydrogen-bond acceptors (Lipinski definition) is 7. The van der Waals surface area contributed by atoms with E-state index in [2.05, 4.69) is 15.3 Å². The summed E-state index contributed by atoms with van der Waals surface area (Å²) in [4.78, 5) is 41.0. The lowest BCUT2D eigenvalue weighted by molar-refractivity contribution is -0.133. The van der Waals surface area contributed by atoms with Gasteiger partial charge in [0.15, 0.2) is 0 Å². The number of imidazole rings is 1. The second-order valence-electron chi connectivity index (χ2n) is 9.47. The molecule has 0 aliphatic carbocycles. The van der Waals surface area contributed by atoms with E-state index >= 15 is 0 Å². The fourth-order valence-electron chi connectivity index (χ4n) is 5.02. The lowest BCUT2D eigenvalue weighted by atomic mass is 9.97. The van der Waals surface area contributed by atoms with Gasteiger partial charge in [-0.2, -0.15) is 0 Å². The highest BCUT2D eigenvalue weighted by Crippen LogP contribution is 2.34. The number of methoxy groups -OCH3 is 1. The summed E-state index contributed by atoms with van der Waals surface area (Å²) in [6, 6.07) is 11.0. The number of anilines is 2. The Kier molecular flexibility index (Phi) is 7.32. The quantitative estimate of drug-likeness (QED) is 0.386. The summed E-state index contributed by atoms with van der Waals surface area (Å²) in [5.74, 6) is 1.64. The van der Waals surface area contributed by atoms with Gasteiger partial charge in [0.25, 0.3) is 5.91 Å².